The molecule has 0 aromatic carbocycles. The van der Waals surface area contributed by atoms with E-state index < -0.39 is 11.6 Å². The fourth-order valence-corrected chi connectivity index (χ4v) is 0.285. The maximum absolute atomic E-state index is 9.07. The largest absolute Gasteiger partial charge is 0.395 e. The van der Waals surface area contributed by atoms with Crippen molar-refractivity contribution >= 4 is 0 Å². The highest BCUT2D eigenvalue weighted by Gasteiger charge is 2.24. The third-order valence-electron chi connectivity index (χ3n) is 1.21. The zero-order chi connectivity index (χ0) is 7.49. The first-order valence-electron chi connectivity index (χ1n) is 2.61. The Morgan fingerprint density at radius 2 is 2.33 bits per heavy atom. The molecule has 9 heavy (non-hydrogen) atoms. The minimum absolute atomic E-state index is 0.308. The zero-order valence-corrected chi connectivity index (χ0v) is 5.33. The molecule has 2 atom stereocenters. The quantitative estimate of drug-likeness (QED) is 0.405. The van der Waals surface area contributed by atoms with Crippen LogP contribution in [0.25, 0.3) is 0 Å². The SMILES string of the molecule is C#C[C@](C)(O)[C@H](N)CO. The van der Waals surface area contributed by atoms with Gasteiger partial charge in [0.05, 0.1) is 12.6 Å². The van der Waals surface area contributed by atoms with Crippen LogP contribution >= 0.6 is 0 Å². The maximum atomic E-state index is 9.07. The first-order valence-corrected chi connectivity index (χ1v) is 2.61. The minimum atomic E-state index is -1.39. The van der Waals surface area contributed by atoms with Gasteiger partial charge in [0.15, 0.2) is 0 Å². The summed E-state index contributed by atoms with van der Waals surface area (Å²) in [6, 6.07) is -0.762. The molecule has 52 valence electrons. The highest BCUT2D eigenvalue weighted by atomic mass is 16.3. The molecule has 0 aliphatic heterocycles. The zero-order valence-electron chi connectivity index (χ0n) is 5.33. The van der Waals surface area contributed by atoms with Crippen LogP contribution in [0.5, 0.6) is 0 Å². The number of nitrogens with two attached hydrogens (primary N) is 1. The normalized spacial score (nSPS) is 19.9. The molecule has 0 aromatic rings. The topological polar surface area (TPSA) is 66.5 Å². The summed E-state index contributed by atoms with van der Waals surface area (Å²) in [5.74, 6) is 2.06. The van der Waals surface area contributed by atoms with E-state index in [1.807, 2.05) is 0 Å². The lowest BCUT2D eigenvalue weighted by Gasteiger charge is -2.21. The van der Waals surface area contributed by atoms with Gasteiger partial charge in [-0.15, -0.1) is 6.42 Å². The van der Waals surface area contributed by atoms with Gasteiger partial charge in [0.2, 0.25) is 0 Å². The van der Waals surface area contributed by atoms with Crippen molar-refractivity contribution < 1.29 is 10.2 Å². The smallest absolute Gasteiger partial charge is 0.139 e. The molecule has 0 aromatic heterocycles. The molecule has 0 radical (unpaired) electrons. The Bertz CT molecular complexity index is 126. The third kappa shape index (κ3) is 2.02. The molecule has 0 heterocycles. The van der Waals surface area contributed by atoms with E-state index in [-0.39, 0.29) is 6.61 Å². The monoisotopic (exact) mass is 129 g/mol. The van der Waals surface area contributed by atoms with E-state index in [9.17, 15) is 0 Å². The maximum Gasteiger partial charge on any atom is 0.139 e. The molecule has 0 amide bonds. The number of rotatable bonds is 2. The summed E-state index contributed by atoms with van der Waals surface area (Å²) in [6.07, 6.45) is 4.89. The van der Waals surface area contributed by atoms with Gasteiger partial charge in [-0.25, -0.2) is 0 Å². The molecular formula is C6H11NO2. The second kappa shape index (κ2) is 2.83. The van der Waals surface area contributed by atoms with E-state index in [4.69, 9.17) is 22.4 Å². The number of aliphatic hydroxyl groups excluding tert-OH is 1. The first kappa shape index (κ1) is 8.44. The summed E-state index contributed by atoms with van der Waals surface area (Å²) >= 11 is 0. The van der Waals surface area contributed by atoms with Gasteiger partial charge in [0, 0.05) is 0 Å². The van der Waals surface area contributed by atoms with Gasteiger partial charge in [-0.1, -0.05) is 5.92 Å². The van der Waals surface area contributed by atoms with Crippen molar-refractivity contribution in [3.63, 3.8) is 0 Å². The van der Waals surface area contributed by atoms with E-state index >= 15 is 0 Å². The van der Waals surface area contributed by atoms with Gasteiger partial charge in [0.25, 0.3) is 0 Å². The molecular weight excluding hydrogens is 118 g/mol. The molecule has 4 N–H and O–H groups in total. The van der Waals surface area contributed by atoms with Crippen molar-refractivity contribution in [2.75, 3.05) is 6.61 Å². The molecule has 0 fully saturated rings. The van der Waals surface area contributed by atoms with Crippen LogP contribution < -0.4 is 5.73 Å². The van der Waals surface area contributed by atoms with Crippen LogP contribution in [0.1, 0.15) is 6.92 Å². The molecule has 0 aliphatic rings. The van der Waals surface area contributed by atoms with Gasteiger partial charge < -0.3 is 15.9 Å². The highest BCUT2D eigenvalue weighted by Crippen LogP contribution is 2.03. The summed E-state index contributed by atoms with van der Waals surface area (Å²) in [7, 11) is 0. The van der Waals surface area contributed by atoms with Crippen LogP contribution in [0.4, 0.5) is 0 Å². The van der Waals surface area contributed by atoms with Crippen molar-refractivity contribution in [2.45, 2.75) is 18.6 Å². The third-order valence-corrected chi connectivity index (χ3v) is 1.21. The first-order chi connectivity index (χ1) is 4.04. The van der Waals surface area contributed by atoms with Gasteiger partial charge in [0.1, 0.15) is 5.60 Å². The van der Waals surface area contributed by atoms with Crippen LogP contribution in [-0.2, 0) is 0 Å². The molecule has 0 rings (SSSR count). The van der Waals surface area contributed by atoms with Gasteiger partial charge in [-0.3, -0.25) is 0 Å². The van der Waals surface area contributed by atoms with E-state index in [2.05, 4.69) is 5.92 Å². The highest BCUT2D eigenvalue weighted by molar-refractivity contribution is 5.09. The lowest BCUT2D eigenvalue weighted by Crippen LogP contribution is -2.46. The lowest BCUT2D eigenvalue weighted by atomic mass is 10.00. The van der Waals surface area contributed by atoms with Crippen LogP contribution in [0.2, 0.25) is 0 Å². The molecule has 0 saturated carbocycles. The predicted molar refractivity (Wildman–Crippen MR) is 34.5 cm³/mol. The molecule has 3 nitrogen and oxygen atoms in total. The Morgan fingerprint density at radius 3 is 2.44 bits per heavy atom. The molecule has 0 aliphatic carbocycles. The fraction of sp³-hybridized carbons (Fsp3) is 0.667. The molecule has 0 spiro atoms. The Hall–Kier alpha value is -0.560. The Morgan fingerprint density at radius 1 is 1.89 bits per heavy atom. The average Bonchev–Trinajstić information content (AvgIpc) is 1.86. The number of terminal acetylenes is 1. The Balaban J connectivity index is 4.01. The van der Waals surface area contributed by atoms with Crippen LogP contribution in [0.15, 0.2) is 0 Å². The van der Waals surface area contributed by atoms with Gasteiger partial charge in [-0.2, -0.15) is 0 Å². The van der Waals surface area contributed by atoms with Crippen LogP contribution in [0.3, 0.4) is 0 Å². The number of hydrogen-bond donors (Lipinski definition) is 3. The van der Waals surface area contributed by atoms with Crippen molar-refractivity contribution in [1.29, 1.82) is 0 Å². The Labute approximate surface area is 54.5 Å². The predicted octanol–water partition coefficient (Wildman–Crippen LogP) is -1.31. The van der Waals surface area contributed by atoms with Gasteiger partial charge in [-0.05, 0) is 6.92 Å². The summed E-state index contributed by atoms with van der Waals surface area (Å²) in [5.41, 5.74) is 3.82. The molecule has 0 bridgehead atoms. The second-order valence-electron chi connectivity index (χ2n) is 2.08. The van der Waals surface area contributed by atoms with Crippen molar-refractivity contribution in [1.82, 2.24) is 0 Å². The van der Waals surface area contributed by atoms with E-state index in [0.717, 1.165) is 0 Å². The molecule has 0 saturated heterocycles. The molecule has 3 heteroatoms. The Kier molecular flexibility index (Phi) is 2.65. The fourth-order valence-electron chi connectivity index (χ4n) is 0.285. The van der Waals surface area contributed by atoms with Crippen LogP contribution in [-0.4, -0.2) is 28.5 Å². The van der Waals surface area contributed by atoms with Crippen molar-refractivity contribution in [3.05, 3.63) is 0 Å². The van der Waals surface area contributed by atoms with Crippen molar-refractivity contribution in [2.24, 2.45) is 5.73 Å². The molecule has 0 unspecified atom stereocenters. The number of aliphatic hydroxyl groups is 2. The standard InChI is InChI=1S/C6H11NO2/c1-3-6(2,9)5(7)4-8/h1,5,8-9H,4,7H2,2H3/t5-,6+/m1/s1. The number of hydrogen-bond acceptors (Lipinski definition) is 3. The minimum Gasteiger partial charge on any atom is -0.395 e. The summed E-state index contributed by atoms with van der Waals surface area (Å²) in [5, 5.41) is 17.5. The van der Waals surface area contributed by atoms with E-state index in [1.54, 1.807) is 0 Å². The average molecular weight is 129 g/mol. The van der Waals surface area contributed by atoms with E-state index in [0.29, 0.717) is 0 Å². The lowest BCUT2D eigenvalue weighted by molar-refractivity contribution is 0.0650. The summed E-state index contributed by atoms with van der Waals surface area (Å²) in [4.78, 5) is 0. The summed E-state index contributed by atoms with van der Waals surface area (Å²) in [6.45, 7) is 1.07. The van der Waals surface area contributed by atoms with Crippen molar-refractivity contribution in [3.8, 4) is 12.3 Å². The van der Waals surface area contributed by atoms with Gasteiger partial charge >= 0.3 is 0 Å². The van der Waals surface area contributed by atoms with Crippen LogP contribution in [0, 0.1) is 12.3 Å². The second-order valence-corrected chi connectivity index (χ2v) is 2.08. The van der Waals surface area contributed by atoms with E-state index in [1.165, 1.54) is 6.92 Å². The summed E-state index contributed by atoms with van der Waals surface area (Å²) < 4.78 is 0.